The van der Waals surface area contributed by atoms with Crippen LogP contribution in [0, 0.1) is 0 Å². The van der Waals surface area contributed by atoms with Crippen molar-refractivity contribution in [3.63, 3.8) is 0 Å². The van der Waals surface area contributed by atoms with Crippen LogP contribution in [-0.2, 0) is 10.8 Å². The highest BCUT2D eigenvalue weighted by Gasteiger charge is 2.24. The summed E-state index contributed by atoms with van der Waals surface area (Å²) >= 11 is 0. The molecule has 0 spiro atoms. The molecular weight excluding hydrogens is 546 g/mol. The van der Waals surface area contributed by atoms with E-state index in [-0.39, 0.29) is 10.8 Å². The molecule has 0 radical (unpaired) electrons. The van der Waals surface area contributed by atoms with Gasteiger partial charge in [-0.1, -0.05) is 121 Å². The van der Waals surface area contributed by atoms with Gasteiger partial charge in [0.25, 0.3) is 0 Å². The van der Waals surface area contributed by atoms with Crippen LogP contribution in [0.15, 0.2) is 127 Å². The summed E-state index contributed by atoms with van der Waals surface area (Å²) in [7, 11) is 0. The predicted molar refractivity (Wildman–Crippen MR) is 194 cm³/mol. The average molecular weight is 596 g/mol. The van der Waals surface area contributed by atoms with Crippen molar-refractivity contribution in [3.8, 4) is 22.6 Å². The fourth-order valence-electron chi connectivity index (χ4n) is 6.51. The first kappa shape index (κ1) is 32.1. The highest BCUT2D eigenvalue weighted by molar-refractivity contribution is 5.78. The van der Waals surface area contributed by atoms with Crippen LogP contribution in [0.25, 0.3) is 11.1 Å². The topological polar surface area (TPSA) is 12.5 Å². The molecule has 2 nitrogen and oxygen atoms in total. The maximum atomic E-state index is 6.00. The number of ether oxygens (including phenoxy) is 1. The van der Waals surface area contributed by atoms with Crippen molar-refractivity contribution < 1.29 is 4.74 Å². The fraction of sp³-hybridized carbons (Fsp3) is 0.302. The molecule has 1 atom stereocenters. The van der Waals surface area contributed by atoms with Gasteiger partial charge in [0, 0.05) is 17.1 Å². The normalized spacial score (nSPS) is 12.8. The maximum Gasteiger partial charge on any atom is 0.127 e. The van der Waals surface area contributed by atoms with Gasteiger partial charge in [0.2, 0.25) is 0 Å². The smallest absolute Gasteiger partial charge is 0.127 e. The van der Waals surface area contributed by atoms with Crippen molar-refractivity contribution in [1.29, 1.82) is 0 Å². The SMILES string of the molecule is CCCC(C)(C)c1ccc(N(c2ccc(-c3ccc(Oc4ccccc4)cc3)cc2)c2ccc(C(C)(CC)CCC)cc2)cc1. The van der Waals surface area contributed by atoms with Gasteiger partial charge in [-0.3, -0.25) is 0 Å². The van der Waals surface area contributed by atoms with Crippen LogP contribution in [-0.4, -0.2) is 0 Å². The number of hydrogen-bond donors (Lipinski definition) is 0. The quantitative estimate of drug-likeness (QED) is 0.134. The second-order valence-electron chi connectivity index (χ2n) is 13.2. The van der Waals surface area contributed by atoms with Crippen LogP contribution in [0.4, 0.5) is 17.1 Å². The van der Waals surface area contributed by atoms with E-state index in [1.807, 2.05) is 42.5 Å². The molecule has 45 heavy (non-hydrogen) atoms. The molecule has 0 saturated carbocycles. The molecule has 1 unspecified atom stereocenters. The first-order chi connectivity index (χ1) is 21.8. The first-order valence-electron chi connectivity index (χ1n) is 16.7. The first-order valence-corrected chi connectivity index (χ1v) is 16.7. The number of anilines is 3. The summed E-state index contributed by atoms with van der Waals surface area (Å²) in [5.74, 6) is 1.68. The van der Waals surface area contributed by atoms with Crippen LogP contribution in [0.2, 0.25) is 0 Å². The minimum atomic E-state index is 0.160. The molecule has 0 saturated heterocycles. The Labute approximate surface area is 271 Å². The lowest BCUT2D eigenvalue weighted by atomic mass is 9.76. The average Bonchev–Trinajstić information content (AvgIpc) is 3.07. The van der Waals surface area contributed by atoms with E-state index < -0.39 is 0 Å². The molecule has 0 aliphatic rings. The number of benzene rings is 5. The van der Waals surface area contributed by atoms with Gasteiger partial charge in [0.1, 0.15) is 11.5 Å². The number of para-hydroxylation sites is 1. The van der Waals surface area contributed by atoms with Crippen LogP contribution in [0.3, 0.4) is 0 Å². The third-order valence-corrected chi connectivity index (χ3v) is 9.48. The Kier molecular flexibility index (Phi) is 10.1. The Morgan fingerprint density at radius 3 is 1.42 bits per heavy atom. The molecule has 2 heteroatoms. The Hall–Kier alpha value is -4.30. The van der Waals surface area contributed by atoms with Crippen LogP contribution >= 0.6 is 0 Å². The molecule has 5 rings (SSSR count). The molecule has 0 fully saturated rings. The number of rotatable bonds is 13. The van der Waals surface area contributed by atoms with Gasteiger partial charge < -0.3 is 9.64 Å². The van der Waals surface area contributed by atoms with Crippen LogP contribution < -0.4 is 9.64 Å². The van der Waals surface area contributed by atoms with E-state index in [1.165, 1.54) is 53.7 Å². The summed E-state index contributed by atoms with van der Waals surface area (Å²) in [4.78, 5) is 2.38. The van der Waals surface area contributed by atoms with E-state index in [1.54, 1.807) is 0 Å². The van der Waals surface area contributed by atoms with Gasteiger partial charge >= 0.3 is 0 Å². The van der Waals surface area contributed by atoms with Gasteiger partial charge in [-0.05, 0) is 113 Å². The molecule has 232 valence electrons. The second-order valence-corrected chi connectivity index (χ2v) is 13.2. The van der Waals surface area contributed by atoms with Gasteiger partial charge in [0.05, 0.1) is 0 Å². The largest absolute Gasteiger partial charge is 0.457 e. The Morgan fingerprint density at radius 1 is 0.489 bits per heavy atom. The van der Waals surface area contributed by atoms with E-state index in [0.29, 0.717) is 0 Å². The van der Waals surface area contributed by atoms with E-state index >= 15 is 0 Å². The summed E-state index contributed by atoms with van der Waals surface area (Å²) in [6, 6.07) is 45.6. The molecule has 0 amide bonds. The fourth-order valence-corrected chi connectivity index (χ4v) is 6.51. The van der Waals surface area contributed by atoms with Crippen molar-refractivity contribution in [1.82, 2.24) is 0 Å². The molecule has 0 bridgehead atoms. The van der Waals surface area contributed by atoms with E-state index in [4.69, 9.17) is 4.74 Å². The van der Waals surface area contributed by atoms with Crippen molar-refractivity contribution in [2.24, 2.45) is 0 Å². The van der Waals surface area contributed by atoms with Crippen molar-refractivity contribution in [2.45, 2.75) is 84.5 Å². The molecular formula is C43H49NO. The van der Waals surface area contributed by atoms with Crippen LogP contribution in [0.5, 0.6) is 11.5 Å². The van der Waals surface area contributed by atoms with E-state index in [9.17, 15) is 0 Å². The standard InChI is InChI=1S/C43H49NO/c1-7-31-42(4,5)35-19-25-38(26-20-35)44(39-27-21-36(22-28-39)43(6,9-3)32-8-2)37-23-15-33(16-24-37)34-17-29-41(30-18-34)45-40-13-11-10-12-14-40/h10-30H,7-9,31-32H2,1-6H3. The lowest BCUT2D eigenvalue weighted by Gasteiger charge is -2.31. The zero-order valence-electron chi connectivity index (χ0n) is 28.0. The van der Waals surface area contributed by atoms with Crippen molar-refractivity contribution >= 4 is 17.1 Å². The molecule has 0 heterocycles. The Bertz CT molecular complexity index is 1620. The highest BCUT2D eigenvalue weighted by atomic mass is 16.5. The molecule has 5 aromatic rings. The molecule has 0 aliphatic carbocycles. The summed E-state index contributed by atoms with van der Waals surface area (Å²) in [6.07, 6.45) is 5.87. The zero-order valence-corrected chi connectivity index (χ0v) is 28.0. The third kappa shape index (κ3) is 7.51. The maximum absolute atomic E-state index is 6.00. The van der Waals surface area contributed by atoms with Crippen molar-refractivity contribution in [3.05, 3.63) is 139 Å². The highest BCUT2D eigenvalue weighted by Crippen LogP contribution is 2.40. The summed E-state index contributed by atoms with van der Waals surface area (Å²) < 4.78 is 6.00. The second kappa shape index (κ2) is 14.2. The summed E-state index contributed by atoms with van der Waals surface area (Å²) in [6.45, 7) is 14.0. The zero-order chi connectivity index (χ0) is 31.9. The molecule has 0 N–H and O–H groups in total. The predicted octanol–water partition coefficient (Wildman–Crippen LogP) is 13.2. The molecule has 5 aromatic carbocycles. The van der Waals surface area contributed by atoms with Gasteiger partial charge in [-0.2, -0.15) is 0 Å². The summed E-state index contributed by atoms with van der Waals surface area (Å²) in [5.41, 5.74) is 8.98. The minimum Gasteiger partial charge on any atom is -0.457 e. The molecule has 0 aromatic heterocycles. The van der Waals surface area contributed by atoms with E-state index in [2.05, 4.69) is 131 Å². The number of hydrogen-bond acceptors (Lipinski definition) is 2. The minimum absolute atomic E-state index is 0.160. The number of nitrogens with zero attached hydrogens (tertiary/aromatic N) is 1. The van der Waals surface area contributed by atoms with Gasteiger partial charge in [-0.15, -0.1) is 0 Å². The Balaban J connectivity index is 1.46. The van der Waals surface area contributed by atoms with Gasteiger partial charge in [0.15, 0.2) is 0 Å². The monoisotopic (exact) mass is 595 g/mol. The van der Waals surface area contributed by atoms with E-state index in [0.717, 1.165) is 29.2 Å². The van der Waals surface area contributed by atoms with Gasteiger partial charge in [-0.25, -0.2) is 0 Å². The lowest BCUT2D eigenvalue weighted by molar-refractivity contribution is 0.414. The summed E-state index contributed by atoms with van der Waals surface area (Å²) in [5, 5.41) is 0. The van der Waals surface area contributed by atoms with Crippen LogP contribution in [0.1, 0.15) is 84.8 Å². The molecule has 0 aliphatic heterocycles. The third-order valence-electron chi connectivity index (χ3n) is 9.48. The lowest BCUT2D eigenvalue weighted by Crippen LogP contribution is -2.20. The van der Waals surface area contributed by atoms with Crippen molar-refractivity contribution in [2.75, 3.05) is 4.90 Å². The Morgan fingerprint density at radius 2 is 0.933 bits per heavy atom.